The van der Waals surface area contributed by atoms with Crippen LogP contribution in [0.5, 0.6) is 0 Å². The zero-order valence-electron chi connectivity index (χ0n) is 11.9. The molecular weight excluding hydrogens is 272 g/mol. The summed E-state index contributed by atoms with van der Waals surface area (Å²) in [7, 11) is -3.35. The third-order valence-corrected chi connectivity index (χ3v) is 6.14. The maximum Gasteiger partial charge on any atom is 0.243 e. The van der Waals surface area contributed by atoms with Crippen LogP contribution in [0.1, 0.15) is 31.2 Å². The van der Waals surface area contributed by atoms with Crippen molar-refractivity contribution in [3.8, 4) is 0 Å². The van der Waals surface area contributed by atoms with E-state index in [1.165, 1.54) is 0 Å². The van der Waals surface area contributed by atoms with Gasteiger partial charge in [0, 0.05) is 12.1 Å². The number of sulfonamides is 1. The Morgan fingerprint density at radius 1 is 1.10 bits per heavy atom. The molecule has 4 nitrogen and oxygen atoms in total. The average molecular weight is 294 g/mol. The van der Waals surface area contributed by atoms with Gasteiger partial charge >= 0.3 is 0 Å². The Morgan fingerprint density at radius 2 is 1.75 bits per heavy atom. The first-order valence-corrected chi connectivity index (χ1v) is 8.84. The molecule has 5 heteroatoms. The highest BCUT2D eigenvalue weighted by Gasteiger charge is 2.42. The molecule has 20 heavy (non-hydrogen) atoms. The Kier molecular flexibility index (Phi) is 3.84. The summed E-state index contributed by atoms with van der Waals surface area (Å²) in [5.74, 6) is 0. The zero-order valence-corrected chi connectivity index (χ0v) is 12.7. The van der Waals surface area contributed by atoms with Crippen molar-refractivity contribution in [1.82, 2.24) is 9.62 Å². The van der Waals surface area contributed by atoms with Gasteiger partial charge < -0.3 is 5.32 Å². The van der Waals surface area contributed by atoms with Gasteiger partial charge in [-0.1, -0.05) is 12.1 Å². The first kappa shape index (κ1) is 14.0. The molecule has 0 spiro atoms. The van der Waals surface area contributed by atoms with Crippen LogP contribution in [0.2, 0.25) is 0 Å². The monoisotopic (exact) mass is 294 g/mol. The molecule has 0 radical (unpaired) electrons. The molecule has 1 aromatic rings. The molecule has 0 unspecified atom stereocenters. The van der Waals surface area contributed by atoms with E-state index in [1.807, 2.05) is 23.4 Å². The molecule has 2 fully saturated rings. The third kappa shape index (κ3) is 2.75. The van der Waals surface area contributed by atoms with E-state index >= 15 is 0 Å². The highest BCUT2D eigenvalue weighted by atomic mass is 32.2. The van der Waals surface area contributed by atoms with Crippen molar-refractivity contribution in [2.75, 3.05) is 13.1 Å². The standard InChI is InChI=1S/C15H22N2O2S/c1-12-3-2-4-15(11-12)20(18,19)17(13-5-6-13)14-7-9-16-10-8-14/h2-4,11,13-14,16H,5-10H2,1H3. The van der Waals surface area contributed by atoms with Crippen LogP contribution in [0, 0.1) is 6.92 Å². The Balaban J connectivity index is 1.93. The summed E-state index contributed by atoms with van der Waals surface area (Å²) in [6.07, 6.45) is 3.85. The number of piperidine rings is 1. The summed E-state index contributed by atoms with van der Waals surface area (Å²) >= 11 is 0. The van der Waals surface area contributed by atoms with E-state index in [0.29, 0.717) is 4.90 Å². The van der Waals surface area contributed by atoms with Crippen LogP contribution in [0.4, 0.5) is 0 Å². The Labute approximate surface area is 121 Å². The second-order valence-corrected chi connectivity index (χ2v) is 7.71. The van der Waals surface area contributed by atoms with Crippen LogP contribution >= 0.6 is 0 Å². The van der Waals surface area contributed by atoms with Crippen LogP contribution in [0.15, 0.2) is 29.2 Å². The molecule has 3 rings (SSSR count). The lowest BCUT2D eigenvalue weighted by Crippen LogP contribution is -2.47. The molecule has 1 aliphatic carbocycles. The number of aryl methyl sites for hydroxylation is 1. The summed E-state index contributed by atoms with van der Waals surface area (Å²) in [5.41, 5.74) is 0.993. The lowest BCUT2D eigenvalue weighted by Gasteiger charge is -2.34. The van der Waals surface area contributed by atoms with Gasteiger partial charge in [0.05, 0.1) is 4.90 Å². The summed E-state index contributed by atoms with van der Waals surface area (Å²) in [6, 6.07) is 7.66. The minimum Gasteiger partial charge on any atom is -0.317 e. The number of benzene rings is 1. The van der Waals surface area contributed by atoms with E-state index in [9.17, 15) is 8.42 Å². The van der Waals surface area contributed by atoms with Gasteiger partial charge in [-0.25, -0.2) is 8.42 Å². The zero-order chi connectivity index (χ0) is 14.2. The minimum absolute atomic E-state index is 0.161. The fraction of sp³-hybridized carbons (Fsp3) is 0.600. The maximum absolute atomic E-state index is 13.0. The van der Waals surface area contributed by atoms with Gasteiger partial charge in [-0.3, -0.25) is 0 Å². The van der Waals surface area contributed by atoms with E-state index in [0.717, 1.165) is 44.3 Å². The largest absolute Gasteiger partial charge is 0.317 e. The second kappa shape index (κ2) is 5.47. The Morgan fingerprint density at radius 3 is 2.35 bits per heavy atom. The molecule has 1 saturated carbocycles. The fourth-order valence-electron chi connectivity index (χ4n) is 2.98. The van der Waals surface area contributed by atoms with E-state index < -0.39 is 10.0 Å². The molecule has 1 aromatic carbocycles. The van der Waals surface area contributed by atoms with E-state index in [1.54, 1.807) is 12.1 Å². The van der Waals surface area contributed by atoms with Crippen molar-refractivity contribution in [2.24, 2.45) is 0 Å². The van der Waals surface area contributed by atoms with E-state index in [-0.39, 0.29) is 12.1 Å². The fourth-order valence-corrected chi connectivity index (χ4v) is 5.01. The van der Waals surface area contributed by atoms with Crippen molar-refractivity contribution in [3.63, 3.8) is 0 Å². The van der Waals surface area contributed by atoms with Crippen LogP contribution < -0.4 is 5.32 Å². The van der Waals surface area contributed by atoms with Crippen molar-refractivity contribution >= 4 is 10.0 Å². The second-order valence-electron chi connectivity index (χ2n) is 5.86. The summed E-state index contributed by atoms with van der Waals surface area (Å²) in [6.45, 7) is 3.76. The topological polar surface area (TPSA) is 49.4 Å². The smallest absolute Gasteiger partial charge is 0.243 e. The number of nitrogens with one attached hydrogen (secondary N) is 1. The lowest BCUT2D eigenvalue weighted by atomic mass is 10.1. The van der Waals surface area contributed by atoms with Crippen molar-refractivity contribution in [2.45, 2.75) is 49.6 Å². The normalized spacial score (nSPS) is 21.3. The Hall–Kier alpha value is -0.910. The first-order valence-electron chi connectivity index (χ1n) is 7.40. The van der Waals surface area contributed by atoms with E-state index in [4.69, 9.17) is 0 Å². The van der Waals surface area contributed by atoms with Gasteiger partial charge in [0.1, 0.15) is 0 Å². The average Bonchev–Trinajstić information content (AvgIpc) is 3.24. The quantitative estimate of drug-likeness (QED) is 0.922. The molecule has 0 bridgehead atoms. The van der Waals surface area contributed by atoms with Gasteiger partial charge in [-0.05, 0) is 63.4 Å². The van der Waals surface area contributed by atoms with Crippen molar-refractivity contribution in [3.05, 3.63) is 29.8 Å². The number of hydrogen-bond donors (Lipinski definition) is 1. The SMILES string of the molecule is Cc1cccc(S(=O)(=O)N(C2CCNCC2)C2CC2)c1. The van der Waals surface area contributed by atoms with Gasteiger partial charge in [0.2, 0.25) is 10.0 Å². The molecule has 1 aliphatic heterocycles. The highest BCUT2D eigenvalue weighted by molar-refractivity contribution is 7.89. The molecule has 2 aliphatic rings. The van der Waals surface area contributed by atoms with Gasteiger partial charge in [0.15, 0.2) is 0 Å². The van der Waals surface area contributed by atoms with E-state index in [2.05, 4.69) is 5.32 Å². The molecule has 0 atom stereocenters. The number of rotatable bonds is 4. The maximum atomic E-state index is 13.0. The minimum atomic E-state index is -3.35. The lowest BCUT2D eigenvalue weighted by molar-refractivity contribution is 0.255. The molecule has 1 N–H and O–H groups in total. The summed E-state index contributed by atoms with van der Waals surface area (Å²) in [5, 5.41) is 3.31. The highest BCUT2D eigenvalue weighted by Crippen LogP contribution is 2.36. The molecule has 110 valence electrons. The molecule has 1 saturated heterocycles. The predicted molar refractivity (Wildman–Crippen MR) is 79.1 cm³/mol. The van der Waals surface area contributed by atoms with Crippen LogP contribution in [-0.2, 0) is 10.0 Å². The van der Waals surface area contributed by atoms with Gasteiger partial charge in [0.25, 0.3) is 0 Å². The molecule has 0 aromatic heterocycles. The third-order valence-electron chi connectivity index (χ3n) is 4.14. The van der Waals surface area contributed by atoms with Gasteiger partial charge in [-0.15, -0.1) is 0 Å². The van der Waals surface area contributed by atoms with Crippen LogP contribution in [-0.4, -0.2) is 37.9 Å². The molecule has 1 heterocycles. The molecular formula is C15H22N2O2S. The Bertz CT molecular complexity index is 575. The first-order chi connectivity index (χ1) is 9.59. The van der Waals surface area contributed by atoms with Crippen molar-refractivity contribution in [1.29, 1.82) is 0 Å². The van der Waals surface area contributed by atoms with Crippen LogP contribution in [0.3, 0.4) is 0 Å². The van der Waals surface area contributed by atoms with Crippen molar-refractivity contribution < 1.29 is 8.42 Å². The van der Waals surface area contributed by atoms with Crippen LogP contribution in [0.25, 0.3) is 0 Å². The summed E-state index contributed by atoms with van der Waals surface area (Å²) in [4.78, 5) is 0.447. The number of nitrogens with zero attached hydrogens (tertiary/aromatic N) is 1. The summed E-state index contributed by atoms with van der Waals surface area (Å²) < 4.78 is 27.7. The molecule has 0 amide bonds. The number of hydrogen-bond acceptors (Lipinski definition) is 3. The predicted octanol–water partition coefficient (Wildman–Crippen LogP) is 1.90. The van der Waals surface area contributed by atoms with Gasteiger partial charge in [-0.2, -0.15) is 4.31 Å².